The number of pyridine rings is 1. The Labute approximate surface area is 198 Å². The van der Waals surface area contributed by atoms with Crippen LogP contribution in [0.15, 0.2) is 73.2 Å². The summed E-state index contributed by atoms with van der Waals surface area (Å²) < 4.78 is 8.24. The van der Waals surface area contributed by atoms with Crippen LogP contribution < -0.4 is 4.74 Å². The van der Waals surface area contributed by atoms with Gasteiger partial charge in [0, 0.05) is 38.1 Å². The van der Waals surface area contributed by atoms with E-state index in [0.717, 1.165) is 47.2 Å². The van der Waals surface area contributed by atoms with E-state index >= 15 is 0 Å². The maximum absolute atomic E-state index is 13.4. The van der Waals surface area contributed by atoms with Gasteiger partial charge in [-0.05, 0) is 53.6 Å². The van der Waals surface area contributed by atoms with Crippen LogP contribution in [-0.4, -0.2) is 25.6 Å². The number of carbonyl (C=O) groups excluding carboxylic acids is 1. The van der Waals surface area contributed by atoms with E-state index < -0.39 is 0 Å². The molecule has 2 aromatic carbocycles. The second kappa shape index (κ2) is 8.45. The Morgan fingerprint density at radius 2 is 1.88 bits per heavy atom. The average molecular weight is 451 g/mol. The van der Waals surface area contributed by atoms with Crippen molar-refractivity contribution in [3.8, 4) is 16.9 Å². The second-order valence-electron chi connectivity index (χ2n) is 9.10. The Hall–Kier alpha value is -3.93. The first kappa shape index (κ1) is 20.7. The van der Waals surface area contributed by atoms with E-state index in [-0.39, 0.29) is 12.0 Å². The van der Waals surface area contributed by atoms with Crippen molar-refractivity contribution in [1.29, 1.82) is 0 Å². The zero-order valence-electron chi connectivity index (χ0n) is 19.1. The van der Waals surface area contributed by atoms with Gasteiger partial charge in [-0.1, -0.05) is 42.5 Å². The van der Waals surface area contributed by atoms with Crippen molar-refractivity contribution in [1.82, 2.24) is 19.7 Å². The van der Waals surface area contributed by atoms with Gasteiger partial charge >= 0.3 is 0 Å². The standard InChI is InChI=1S/C28H26N4O2/c1-31-17-23(15-30-31)20-12-10-19(11-13-20)16-32-18-22-6-3-8-24(26(22)28(32)33)34-25-9-2-5-21-7-4-14-29-27(21)25/h3-4,6-8,10-15,17,25H,2,5,9,16,18H2,1H3. The summed E-state index contributed by atoms with van der Waals surface area (Å²) in [6.45, 7) is 1.16. The largest absolute Gasteiger partial charge is 0.483 e. The Morgan fingerprint density at radius 1 is 1.03 bits per heavy atom. The topological polar surface area (TPSA) is 60.2 Å². The van der Waals surface area contributed by atoms with Crippen LogP contribution in [-0.2, 0) is 26.6 Å². The lowest BCUT2D eigenvalue weighted by Gasteiger charge is -2.25. The summed E-state index contributed by atoms with van der Waals surface area (Å²) >= 11 is 0. The molecule has 6 nitrogen and oxygen atoms in total. The number of fused-ring (bicyclic) bond motifs is 2. The van der Waals surface area contributed by atoms with Crippen LogP contribution in [0.3, 0.4) is 0 Å². The quantitative estimate of drug-likeness (QED) is 0.425. The van der Waals surface area contributed by atoms with Crippen molar-refractivity contribution in [3.63, 3.8) is 0 Å². The lowest BCUT2D eigenvalue weighted by atomic mass is 9.93. The summed E-state index contributed by atoms with van der Waals surface area (Å²) in [6.07, 6.45) is 8.57. The Bertz CT molecular complexity index is 1360. The number of hydrogen-bond donors (Lipinski definition) is 0. The summed E-state index contributed by atoms with van der Waals surface area (Å²) in [7, 11) is 1.91. The van der Waals surface area contributed by atoms with Gasteiger partial charge in [-0.3, -0.25) is 14.5 Å². The third kappa shape index (κ3) is 3.75. The average Bonchev–Trinajstić information content (AvgIpc) is 3.43. The molecular formula is C28H26N4O2. The lowest BCUT2D eigenvalue weighted by molar-refractivity contribution is 0.0760. The first-order chi connectivity index (χ1) is 16.7. The highest BCUT2D eigenvalue weighted by Crippen LogP contribution is 2.37. The molecule has 6 heteroatoms. The van der Waals surface area contributed by atoms with E-state index in [2.05, 4.69) is 40.4 Å². The number of ether oxygens (including phenoxy) is 1. The van der Waals surface area contributed by atoms with Gasteiger partial charge in [-0.2, -0.15) is 5.10 Å². The van der Waals surface area contributed by atoms with Crippen LogP contribution in [0.2, 0.25) is 0 Å². The molecule has 0 saturated carbocycles. The number of amides is 1. The molecule has 2 aromatic heterocycles. The molecule has 1 unspecified atom stereocenters. The Balaban J connectivity index is 1.20. The third-order valence-corrected chi connectivity index (χ3v) is 6.75. The smallest absolute Gasteiger partial charge is 0.258 e. The van der Waals surface area contributed by atoms with E-state index in [4.69, 9.17) is 4.74 Å². The summed E-state index contributed by atoms with van der Waals surface area (Å²) in [5.74, 6) is 0.694. The monoisotopic (exact) mass is 450 g/mol. The molecule has 1 amide bonds. The SMILES string of the molecule is Cn1cc(-c2ccc(CN3Cc4cccc(OC5CCCc6cccnc65)c4C3=O)cc2)cn1. The number of aryl methyl sites for hydroxylation is 2. The molecule has 0 radical (unpaired) electrons. The molecule has 0 bridgehead atoms. The van der Waals surface area contributed by atoms with Crippen molar-refractivity contribution >= 4 is 5.91 Å². The molecular weight excluding hydrogens is 424 g/mol. The Morgan fingerprint density at radius 3 is 2.71 bits per heavy atom. The van der Waals surface area contributed by atoms with Crippen LogP contribution >= 0.6 is 0 Å². The van der Waals surface area contributed by atoms with Crippen LogP contribution in [0.4, 0.5) is 0 Å². The molecule has 34 heavy (non-hydrogen) atoms. The first-order valence-corrected chi connectivity index (χ1v) is 11.8. The van der Waals surface area contributed by atoms with Crippen LogP contribution in [0.1, 0.15) is 51.7 Å². The van der Waals surface area contributed by atoms with Gasteiger partial charge in [0.25, 0.3) is 5.91 Å². The molecule has 0 fully saturated rings. The molecule has 0 saturated heterocycles. The first-order valence-electron chi connectivity index (χ1n) is 11.8. The minimum atomic E-state index is -0.113. The van der Waals surface area contributed by atoms with E-state index in [1.807, 2.05) is 54.8 Å². The van der Waals surface area contributed by atoms with E-state index in [1.54, 1.807) is 4.68 Å². The van der Waals surface area contributed by atoms with Gasteiger partial charge < -0.3 is 9.64 Å². The van der Waals surface area contributed by atoms with Gasteiger partial charge in [-0.15, -0.1) is 0 Å². The highest BCUT2D eigenvalue weighted by molar-refractivity contribution is 6.01. The molecule has 4 aromatic rings. The lowest BCUT2D eigenvalue weighted by Crippen LogP contribution is -2.24. The normalized spacial score (nSPS) is 16.9. The molecule has 0 N–H and O–H groups in total. The summed E-state index contributed by atoms with van der Waals surface area (Å²) in [4.78, 5) is 19.9. The molecule has 1 aliphatic carbocycles. The van der Waals surface area contributed by atoms with Crippen LogP contribution in [0.25, 0.3) is 11.1 Å². The van der Waals surface area contributed by atoms with E-state index in [1.165, 1.54) is 5.56 Å². The van der Waals surface area contributed by atoms with E-state index in [9.17, 15) is 4.79 Å². The molecule has 2 aliphatic rings. The van der Waals surface area contributed by atoms with Crippen molar-refractivity contribution in [2.24, 2.45) is 7.05 Å². The summed E-state index contributed by atoms with van der Waals surface area (Å²) in [5, 5.41) is 4.24. The van der Waals surface area contributed by atoms with Gasteiger partial charge in [0.05, 0.1) is 17.5 Å². The number of aromatic nitrogens is 3. The zero-order valence-corrected chi connectivity index (χ0v) is 19.1. The van der Waals surface area contributed by atoms with Crippen molar-refractivity contribution in [2.75, 3.05) is 0 Å². The van der Waals surface area contributed by atoms with Gasteiger partial charge in [-0.25, -0.2) is 0 Å². The predicted molar refractivity (Wildman–Crippen MR) is 129 cm³/mol. The highest BCUT2D eigenvalue weighted by Gasteiger charge is 2.32. The maximum Gasteiger partial charge on any atom is 0.258 e. The number of carbonyl (C=O) groups is 1. The van der Waals surface area contributed by atoms with Crippen LogP contribution in [0, 0.1) is 0 Å². The fourth-order valence-electron chi connectivity index (χ4n) is 5.04. The number of hydrogen-bond acceptors (Lipinski definition) is 4. The molecule has 6 rings (SSSR count). The fourth-order valence-corrected chi connectivity index (χ4v) is 5.04. The van der Waals surface area contributed by atoms with Crippen molar-refractivity contribution in [3.05, 3.63) is 101 Å². The summed E-state index contributed by atoms with van der Waals surface area (Å²) in [6, 6.07) is 18.4. The summed E-state index contributed by atoms with van der Waals surface area (Å²) in [5.41, 5.74) is 7.26. The van der Waals surface area contributed by atoms with Gasteiger partial charge in [0.2, 0.25) is 0 Å². The Kier molecular flexibility index (Phi) is 5.13. The van der Waals surface area contributed by atoms with Crippen molar-refractivity contribution < 1.29 is 9.53 Å². The fraction of sp³-hybridized carbons (Fsp3) is 0.250. The van der Waals surface area contributed by atoms with Crippen molar-refractivity contribution in [2.45, 2.75) is 38.5 Å². The molecule has 0 spiro atoms. The van der Waals surface area contributed by atoms with Crippen LogP contribution in [0.5, 0.6) is 5.75 Å². The van der Waals surface area contributed by atoms with E-state index in [0.29, 0.717) is 24.4 Å². The van der Waals surface area contributed by atoms with Gasteiger partial charge in [0.1, 0.15) is 11.9 Å². The minimum Gasteiger partial charge on any atom is -0.483 e. The number of benzene rings is 2. The molecule has 3 heterocycles. The number of nitrogens with zero attached hydrogens (tertiary/aromatic N) is 4. The zero-order chi connectivity index (χ0) is 23.1. The maximum atomic E-state index is 13.4. The molecule has 170 valence electrons. The predicted octanol–water partition coefficient (Wildman–Crippen LogP) is 5.09. The number of rotatable bonds is 5. The minimum absolute atomic E-state index is 0.0268. The highest BCUT2D eigenvalue weighted by atomic mass is 16.5. The third-order valence-electron chi connectivity index (χ3n) is 6.75. The molecule has 1 aliphatic heterocycles. The molecule has 1 atom stereocenters. The second-order valence-corrected chi connectivity index (χ2v) is 9.10. The van der Waals surface area contributed by atoms with Gasteiger partial charge in [0.15, 0.2) is 0 Å².